The molecule has 2 saturated heterocycles. The molecule has 26 heavy (non-hydrogen) atoms. The van der Waals surface area contributed by atoms with Gasteiger partial charge in [0.05, 0.1) is 10.4 Å². The predicted molar refractivity (Wildman–Crippen MR) is 98.7 cm³/mol. The zero-order valence-electron chi connectivity index (χ0n) is 14.2. The van der Waals surface area contributed by atoms with Gasteiger partial charge in [-0.25, -0.2) is 0 Å². The number of H-pyrrole nitrogens is 1. The normalized spacial score (nSPS) is 20.9. The van der Waals surface area contributed by atoms with Crippen LogP contribution in [0.5, 0.6) is 0 Å². The summed E-state index contributed by atoms with van der Waals surface area (Å²) in [6, 6.07) is 4.79. The Hall–Kier alpha value is -2.23. The van der Waals surface area contributed by atoms with Gasteiger partial charge in [0.25, 0.3) is 11.6 Å². The number of hydrogen-bond donors (Lipinski definition) is 2. The molecule has 0 bridgehead atoms. The fourth-order valence-electron chi connectivity index (χ4n) is 3.70. The maximum absolute atomic E-state index is 12.9. The van der Waals surface area contributed by atoms with E-state index in [9.17, 15) is 14.9 Å². The number of carbonyl (C=O) groups excluding carboxylic acids is 1. The molecule has 0 saturated carbocycles. The molecule has 1 aromatic heterocycles. The van der Waals surface area contributed by atoms with Gasteiger partial charge in [-0.2, -0.15) is 5.10 Å². The van der Waals surface area contributed by atoms with Crippen molar-refractivity contribution in [2.45, 2.75) is 12.5 Å². The lowest BCUT2D eigenvalue weighted by Gasteiger charge is -2.32. The van der Waals surface area contributed by atoms with Crippen LogP contribution in [0, 0.1) is 10.1 Å². The molecule has 10 heteroatoms. The molecule has 2 aliphatic heterocycles. The first kappa shape index (κ1) is 18.6. The van der Waals surface area contributed by atoms with Crippen LogP contribution < -0.4 is 5.32 Å². The van der Waals surface area contributed by atoms with Crippen molar-refractivity contribution in [3.05, 3.63) is 34.0 Å². The molecule has 1 unspecified atom stereocenters. The Morgan fingerprint density at radius 1 is 1.27 bits per heavy atom. The van der Waals surface area contributed by atoms with Gasteiger partial charge in [-0.3, -0.25) is 24.9 Å². The number of non-ortho nitro benzene ring substituents is 1. The summed E-state index contributed by atoms with van der Waals surface area (Å²) < 4.78 is 0. The first-order chi connectivity index (χ1) is 12.1. The third kappa shape index (κ3) is 3.37. The van der Waals surface area contributed by atoms with Gasteiger partial charge in [-0.1, -0.05) is 0 Å². The first-order valence-electron chi connectivity index (χ1n) is 8.50. The Morgan fingerprint density at radius 2 is 2.04 bits per heavy atom. The second-order valence-corrected chi connectivity index (χ2v) is 6.54. The number of rotatable bonds is 3. The standard InChI is InChI=1S/C16H20N6O3.ClH/c23-16(21-6-3-12(10-21)20-7-4-17-5-8-20)15-13-9-11(22(24)25)1-2-14(13)18-19-15;/h1-2,9,12,17H,3-8,10H2,(H,18,19);1H. The Morgan fingerprint density at radius 3 is 2.77 bits per heavy atom. The Balaban J connectivity index is 0.00000196. The minimum atomic E-state index is -0.461. The van der Waals surface area contributed by atoms with E-state index in [4.69, 9.17) is 0 Å². The molecule has 0 radical (unpaired) electrons. The predicted octanol–water partition coefficient (Wildman–Crippen LogP) is 1.01. The van der Waals surface area contributed by atoms with Crippen molar-refractivity contribution >= 4 is 34.9 Å². The monoisotopic (exact) mass is 380 g/mol. The van der Waals surface area contributed by atoms with Gasteiger partial charge in [0.1, 0.15) is 0 Å². The number of benzene rings is 1. The average molecular weight is 381 g/mol. The van der Waals surface area contributed by atoms with Gasteiger partial charge in [0.15, 0.2) is 5.69 Å². The van der Waals surface area contributed by atoms with E-state index in [1.165, 1.54) is 12.1 Å². The highest BCUT2D eigenvalue weighted by Gasteiger charge is 2.33. The Bertz CT molecular complexity index is 819. The van der Waals surface area contributed by atoms with Crippen molar-refractivity contribution in [1.29, 1.82) is 0 Å². The molecule has 1 amide bonds. The second-order valence-electron chi connectivity index (χ2n) is 6.54. The number of nitro benzene ring substituents is 1. The number of hydrogen-bond acceptors (Lipinski definition) is 6. The van der Waals surface area contributed by atoms with E-state index in [1.807, 2.05) is 0 Å². The van der Waals surface area contributed by atoms with Crippen molar-refractivity contribution in [2.24, 2.45) is 0 Å². The minimum Gasteiger partial charge on any atom is -0.336 e. The number of halogens is 1. The van der Waals surface area contributed by atoms with Crippen LogP contribution in [0.3, 0.4) is 0 Å². The van der Waals surface area contributed by atoms with Crippen molar-refractivity contribution < 1.29 is 9.72 Å². The van der Waals surface area contributed by atoms with E-state index >= 15 is 0 Å². The number of nitrogens with zero attached hydrogens (tertiary/aromatic N) is 4. The number of nitrogens with one attached hydrogen (secondary N) is 2. The van der Waals surface area contributed by atoms with Gasteiger partial charge >= 0.3 is 0 Å². The molecule has 4 rings (SSSR count). The van der Waals surface area contributed by atoms with Gasteiger partial charge in [-0.05, 0) is 12.5 Å². The highest BCUT2D eigenvalue weighted by Crippen LogP contribution is 2.25. The lowest BCUT2D eigenvalue weighted by molar-refractivity contribution is -0.384. The third-order valence-corrected chi connectivity index (χ3v) is 5.08. The van der Waals surface area contributed by atoms with Crippen molar-refractivity contribution in [1.82, 2.24) is 25.3 Å². The van der Waals surface area contributed by atoms with Gasteiger partial charge < -0.3 is 10.2 Å². The Labute approximate surface area is 156 Å². The SMILES string of the molecule is Cl.O=C(c1n[nH]c2ccc([N+](=O)[O-])cc12)N1CCC(N2CCNCC2)C1. The average Bonchev–Trinajstić information content (AvgIpc) is 3.28. The number of fused-ring (bicyclic) bond motifs is 1. The van der Waals surface area contributed by atoms with E-state index in [2.05, 4.69) is 20.4 Å². The molecule has 0 spiro atoms. The van der Waals surface area contributed by atoms with E-state index in [1.54, 1.807) is 11.0 Å². The van der Waals surface area contributed by atoms with Crippen LogP contribution in [0.2, 0.25) is 0 Å². The van der Waals surface area contributed by atoms with Crippen LogP contribution in [0.25, 0.3) is 10.9 Å². The summed E-state index contributed by atoms with van der Waals surface area (Å²) in [5.74, 6) is -0.163. The van der Waals surface area contributed by atoms with Gasteiger partial charge in [-0.15, -0.1) is 12.4 Å². The minimum absolute atomic E-state index is 0. The van der Waals surface area contributed by atoms with E-state index < -0.39 is 4.92 Å². The zero-order valence-corrected chi connectivity index (χ0v) is 15.0. The largest absolute Gasteiger partial charge is 0.336 e. The summed E-state index contributed by atoms with van der Waals surface area (Å²) in [5, 5.41) is 21.7. The number of piperazine rings is 1. The molecule has 2 aromatic rings. The molecular weight excluding hydrogens is 360 g/mol. The quantitative estimate of drug-likeness (QED) is 0.608. The van der Waals surface area contributed by atoms with Crippen LogP contribution in [0.15, 0.2) is 18.2 Å². The number of aromatic amines is 1. The molecule has 1 atom stereocenters. The third-order valence-electron chi connectivity index (χ3n) is 5.08. The number of nitro groups is 1. The van der Waals surface area contributed by atoms with Crippen LogP contribution in [0.4, 0.5) is 5.69 Å². The summed E-state index contributed by atoms with van der Waals surface area (Å²) in [4.78, 5) is 27.6. The van der Waals surface area contributed by atoms with E-state index in [-0.39, 0.29) is 29.7 Å². The van der Waals surface area contributed by atoms with Crippen LogP contribution >= 0.6 is 12.4 Å². The maximum atomic E-state index is 12.9. The smallest absolute Gasteiger partial charge is 0.275 e. The van der Waals surface area contributed by atoms with Crippen molar-refractivity contribution in [3.8, 4) is 0 Å². The van der Waals surface area contributed by atoms with Crippen LogP contribution in [0.1, 0.15) is 16.9 Å². The zero-order chi connectivity index (χ0) is 17.4. The van der Waals surface area contributed by atoms with E-state index in [0.29, 0.717) is 30.0 Å². The lowest BCUT2D eigenvalue weighted by atomic mass is 10.1. The Kier molecular flexibility index (Phi) is 5.40. The lowest BCUT2D eigenvalue weighted by Crippen LogP contribution is -2.49. The molecule has 140 valence electrons. The molecule has 9 nitrogen and oxygen atoms in total. The van der Waals surface area contributed by atoms with E-state index in [0.717, 1.165) is 32.6 Å². The summed E-state index contributed by atoms with van der Waals surface area (Å²) in [6.07, 6.45) is 0.953. The molecular formula is C16H21ClN6O3. The molecule has 3 heterocycles. The molecule has 2 aliphatic rings. The first-order valence-corrected chi connectivity index (χ1v) is 8.50. The van der Waals surface area contributed by atoms with Crippen molar-refractivity contribution in [3.63, 3.8) is 0 Å². The summed E-state index contributed by atoms with van der Waals surface area (Å²) in [7, 11) is 0. The number of amides is 1. The van der Waals surface area contributed by atoms with Crippen LogP contribution in [-0.2, 0) is 0 Å². The topological polar surface area (TPSA) is 107 Å². The molecule has 2 N–H and O–H groups in total. The highest BCUT2D eigenvalue weighted by atomic mass is 35.5. The van der Waals surface area contributed by atoms with Gasteiger partial charge in [0, 0.05) is 62.8 Å². The second kappa shape index (κ2) is 7.56. The maximum Gasteiger partial charge on any atom is 0.275 e. The number of aromatic nitrogens is 2. The fourth-order valence-corrected chi connectivity index (χ4v) is 3.70. The van der Waals surface area contributed by atoms with Crippen molar-refractivity contribution in [2.75, 3.05) is 39.3 Å². The molecule has 2 fully saturated rings. The molecule has 1 aromatic carbocycles. The summed E-state index contributed by atoms with van der Waals surface area (Å²) >= 11 is 0. The summed E-state index contributed by atoms with van der Waals surface area (Å²) in [5.41, 5.74) is 0.856. The highest BCUT2D eigenvalue weighted by molar-refractivity contribution is 6.05. The number of carbonyl (C=O) groups is 1. The van der Waals surface area contributed by atoms with Gasteiger partial charge in [0.2, 0.25) is 0 Å². The summed E-state index contributed by atoms with van der Waals surface area (Å²) in [6.45, 7) is 5.35. The van der Waals surface area contributed by atoms with Crippen LogP contribution in [-0.4, -0.2) is 76.1 Å². The molecule has 0 aliphatic carbocycles. The fraction of sp³-hybridized carbons (Fsp3) is 0.500. The number of likely N-dealkylation sites (tertiary alicyclic amines) is 1.